The Labute approximate surface area is 113 Å². The lowest BCUT2D eigenvalue weighted by molar-refractivity contribution is 0.485. The van der Waals surface area contributed by atoms with Gasteiger partial charge < -0.3 is 11.1 Å². The fourth-order valence-corrected chi connectivity index (χ4v) is 2.71. The first-order chi connectivity index (χ1) is 9.22. The van der Waals surface area contributed by atoms with Crippen LogP contribution < -0.4 is 11.1 Å². The second-order valence-electron chi connectivity index (χ2n) is 5.60. The molecule has 100 valence electrons. The molecule has 4 heteroatoms. The molecule has 1 fully saturated rings. The lowest BCUT2D eigenvalue weighted by atomic mass is 10.0. The molecule has 0 saturated heterocycles. The molecule has 1 heterocycles. The summed E-state index contributed by atoms with van der Waals surface area (Å²) < 4.78 is 0. The highest BCUT2D eigenvalue weighted by atomic mass is 15.0. The molecule has 2 aromatic rings. The quantitative estimate of drug-likeness (QED) is 0.806. The summed E-state index contributed by atoms with van der Waals surface area (Å²) in [5, 5.41) is 4.50. The second-order valence-corrected chi connectivity index (χ2v) is 5.60. The first-order valence-corrected chi connectivity index (χ1v) is 6.97. The van der Waals surface area contributed by atoms with E-state index in [1.54, 1.807) is 6.33 Å². The highest BCUT2D eigenvalue weighted by Gasteiger charge is 2.41. The molecule has 0 unspecified atom stereocenters. The molecule has 0 atom stereocenters. The average Bonchev–Trinajstić information content (AvgIpc) is 3.17. The van der Waals surface area contributed by atoms with Crippen LogP contribution in [-0.4, -0.2) is 16.5 Å². The van der Waals surface area contributed by atoms with E-state index in [1.165, 1.54) is 25.7 Å². The number of nitrogens with two attached hydrogens (primary N) is 1. The first kappa shape index (κ1) is 12.2. The van der Waals surface area contributed by atoms with Gasteiger partial charge in [0.15, 0.2) is 0 Å². The number of fused-ring (bicyclic) bond motifs is 1. The van der Waals surface area contributed by atoms with E-state index in [0.717, 1.165) is 29.0 Å². The van der Waals surface area contributed by atoms with Crippen LogP contribution in [0.4, 0.5) is 11.5 Å². The van der Waals surface area contributed by atoms with Crippen molar-refractivity contribution in [2.45, 2.75) is 32.6 Å². The topological polar surface area (TPSA) is 63.8 Å². The summed E-state index contributed by atoms with van der Waals surface area (Å²) in [5.74, 6) is 0.902. The molecule has 0 spiro atoms. The van der Waals surface area contributed by atoms with Crippen molar-refractivity contribution >= 4 is 22.4 Å². The van der Waals surface area contributed by atoms with Gasteiger partial charge in [-0.05, 0) is 42.9 Å². The van der Waals surface area contributed by atoms with Crippen molar-refractivity contribution in [2.75, 3.05) is 17.6 Å². The minimum atomic E-state index is 0.506. The maximum absolute atomic E-state index is 5.85. The summed E-state index contributed by atoms with van der Waals surface area (Å²) in [7, 11) is 0. The molecule has 0 amide bonds. The van der Waals surface area contributed by atoms with Gasteiger partial charge in [0.25, 0.3) is 0 Å². The molecule has 1 aliphatic carbocycles. The van der Waals surface area contributed by atoms with E-state index in [4.69, 9.17) is 5.73 Å². The Morgan fingerprint density at radius 2 is 2.16 bits per heavy atom. The summed E-state index contributed by atoms with van der Waals surface area (Å²) in [6.45, 7) is 3.25. The van der Waals surface area contributed by atoms with Crippen LogP contribution in [0.2, 0.25) is 0 Å². The van der Waals surface area contributed by atoms with Crippen molar-refractivity contribution in [1.82, 2.24) is 9.97 Å². The molecular weight excluding hydrogens is 236 g/mol. The van der Waals surface area contributed by atoms with Crippen LogP contribution in [0.1, 0.15) is 32.6 Å². The van der Waals surface area contributed by atoms with E-state index in [9.17, 15) is 0 Å². The third-order valence-electron chi connectivity index (χ3n) is 4.03. The normalized spacial score (nSPS) is 16.5. The molecule has 3 rings (SSSR count). The fraction of sp³-hybridized carbons (Fsp3) is 0.467. The zero-order valence-electron chi connectivity index (χ0n) is 11.3. The van der Waals surface area contributed by atoms with Gasteiger partial charge in [-0.15, -0.1) is 0 Å². The zero-order valence-corrected chi connectivity index (χ0v) is 11.3. The van der Waals surface area contributed by atoms with Crippen LogP contribution in [0.25, 0.3) is 10.9 Å². The van der Waals surface area contributed by atoms with Crippen LogP contribution in [0.5, 0.6) is 0 Å². The third-order valence-corrected chi connectivity index (χ3v) is 4.03. The second kappa shape index (κ2) is 4.68. The third kappa shape index (κ3) is 2.48. The number of nitrogens with zero attached hydrogens (tertiary/aromatic N) is 2. The molecule has 1 saturated carbocycles. The van der Waals surface area contributed by atoms with Gasteiger partial charge >= 0.3 is 0 Å². The Balaban J connectivity index is 1.83. The highest BCUT2D eigenvalue weighted by molar-refractivity contribution is 5.91. The smallest absolute Gasteiger partial charge is 0.137 e. The van der Waals surface area contributed by atoms with Gasteiger partial charge in [-0.3, -0.25) is 0 Å². The van der Waals surface area contributed by atoms with Crippen LogP contribution in [-0.2, 0) is 0 Å². The number of rotatable bonds is 5. The van der Waals surface area contributed by atoms with Crippen molar-refractivity contribution in [1.29, 1.82) is 0 Å². The van der Waals surface area contributed by atoms with Gasteiger partial charge in [0, 0.05) is 17.6 Å². The lowest BCUT2D eigenvalue weighted by Gasteiger charge is -2.16. The van der Waals surface area contributed by atoms with E-state index >= 15 is 0 Å². The van der Waals surface area contributed by atoms with E-state index in [0.29, 0.717) is 5.41 Å². The molecule has 4 nitrogen and oxygen atoms in total. The SMILES string of the molecule is CCCC1(CNc2ncnc3ccc(N)cc23)CC1. The maximum atomic E-state index is 5.85. The lowest BCUT2D eigenvalue weighted by Crippen LogP contribution is -2.16. The van der Waals surface area contributed by atoms with Gasteiger partial charge in [-0.2, -0.15) is 0 Å². The molecule has 0 radical (unpaired) electrons. The number of nitrogens with one attached hydrogen (secondary N) is 1. The van der Waals surface area contributed by atoms with E-state index in [2.05, 4.69) is 22.2 Å². The van der Waals surface area contributed by atoms with E-state index in [1.807, 2.05) is 18.2 Å². The van der Waals surface area contributed by atoms with Crippen molar-refractivity contribution in [3.63, 3.8) is 0 Å². The Morgan fingerprint density at radius 1 is 1.32 bits per heavy atom. The number of anilines is 2. The standard InChI is InChI=1S/C15H20N4/c1-2-5-15(6-7-15)9-17-14-12-8-11(16)3-4-13(12)18-10-19-14/h3-4,8,10H,2,5-7,9,16H2,1H3,(H,17,18,19). The molecule has 1 aromatic heterocycles. The van der Waals surface area contributed by atoms with Gasteiger partial charge in [-0.25, -0.2) is 9.97 Å². The summed E-state index contributed by atoms with van der Waals surface area (Å²) in [4.78, 5) is 8.63. The van der Waals surface area contributed by atoms with Crippen LogP contribution >= 0.6 is 0 Å². The summed E-state index contributed by atoms with van der Waals surface area (Å²) in [6.07, 6.45) is 6.82. The monoisotopic (exact) mass is 256 g/mol. The maximum Gasteiger partial charge on any atom is 0.137 e. The Kier molecular flexibility index (Phi) is 3.01. The highest BCUT2D eigenvalue weighted by Crippen LogP contribution is 2.49. The number of hydrogen-bond acceptors (Lipinski definition) is 4. The molecule has 0 aliphatic heterocycles. The number of hydrogen-bond donors (Lipinski definition) is 2. The van der Waals surface area contributed by atoms with Gasteiger partial charge in [0.1, 0.15) is 12.1 Å². The summed E-state index contributed by atoms with van der Waals surface area (Å²) >= 11 is 0. The molecule has 3 N–H and O–H groups in total. The molecule has 1 aromatic carbocycles. The minimum Gasteiger partial charge on any atom is -0.399 e. The Bertz CT molecular complexity index is 590. The van der Waals surface area contributed by atoms with Crippen molar-refractivity contribution in [3.05, 3.63) is 24.5 Å². The molecular formula is C15H20N4. The number of aromatic nitrogens is 2. The largest absolute Gasteiger partial charge is 0.399 e. The molecule has 1 aliphatic rings. The van der Waals surface area contributed by atoms with Gasteiger partial charge in [0.05, 0.1) is 5.52 Å². The Hall–Kier alpha value is -1.84. The van der Waals surface area contributed by atoms with Crippen molar-refractivity contribution in [3.8, 4) is 0 Å². The molecule has 0 bridgehead atoms. The minimum absolute atomic E-state index is 0.506. The summed E-state index contributed by atoms with van der Waals surface area (Å²) in [6, 6.07) is 5.76. The number of nitrogen functional groups attached to an aromatic ring is 1. The predicted molar refractivity (Wildman–Crippen MR) is 79.0 cm³/mol. The van der Waals surface area contributed by atoms with Crippen molar-refractivity contribution in [2.24, 2.45) is 5.41 Å². The van der Waals surface area contributed by atoms with Crippen LogP contribution in [0.15, 0.2) is 24.5 Å². The predicted octanol–water partition coefficient (Wildman–Crippen LogP) is 3.20. The first-order valence-electron chi connectivity index (χ1n) is 6.97. The average molecular weight is 256 g/mol. The zero-order chi connectivity index (χ0) is 13.3. The van der Waals surface area contributed by atoms with E-state index in [-0.39, 0.29) is 0 Å². The fourth-order valence-electron chi connectivity index (χ4n) is 2.71. The van der Waals surface area contributed by atoms with Crippen molar-refractivity contribution < 1.29 is 0 Å². The van der Waals surface area contributed by atoms with Crippen LogP contribution in [0.3, 0.4) is 0 Å². The Morgan fingerprint density at radius 3 is 2.89 bits per heavy atom. The van der Waals surface area contributed by atoms with Gasteiger partial charge in [0.2, 0.25) is 0 Å². The summed E-state index contributed by atoms with van der Waals surface area (Å²) in [5.41, 5.74) is 8.04. The van der Waals surface area contributed by atoms with Gasteiger partial charge in [-0.1, -0.05) is 13.3 Å². The van der Waals surface area contributed by atoms with Crippen LogP contribution in [0, 0.1) is 5.41 Å². The van der Waals surface area contributed by atoms with E-state index < -0.39 is 0 Å². The number of benzene rings is 1. The molecule has 19 heavy (non-hydrogen) atoms.